The summed E-state index contributed by atoms with van der Waals surface area (Å²) in [7, 11) is 0. The Morgan fingerprint density at radius 3 is 0.886 bits per heavy atom. The van der Waals surface area contributed by atoms with Gasteiger partial charge in [0.25, 0.3) is 0 Å². The summed E-state index contributed by atoms with van der Waals surface area (Å²) in [6.45, 7) is 3.79. The van der Waals surface area contributed by atoms with Crippen LogP contribution in [0.3, 0.4) is 0 Å². The first kappa shape index (κ1) is 64.5. The number of aliphatic hydroxyl groups is 1. The van der Waals surface area contributed by atoms with Gasteiger partial charge in [-0.1, -0.05) is 227 Å². The maximum atomic E-state index is 12.3. The predicted octanol–water partition coefficient (Wildman–Crippen LogP) is 18.3. The van der Waals surface area contributed by atoms with Gasteiger partial charge in [-0.2, -0.15) is 0 Å². The third-order valence-electron chi connectivity index (χ3n) is 10.1. The van der Waals surface area contributed by atoms with Gasteiger partial charge in [0.15, 0.2) is 6.10 Å². The molecule has 5 heteroatoms. The molecule has 70 heavy (non-hydrogen) atoms. The zero-order chi connectivity index (χ0) is 50.6. The largest absolute Gasteiger partial charge is 0.462 e. The Morgan fingerprint density at radius 2 is 0.600 bits per heavy atom. The number of rotatable bonds is 45. The highest BCUT2D eigenvalue weighted by molar-refractivity contribution is 5.70. The summed E-state index contributed by atoms with van der Waals surface area (Å²) < 4.78 is 10.6. The van der Waals surface area contributed by atoms with E-state index in [1.165, 1.54) is 0 Å². The molecule has 1 N–H and O–H groups in total. The molecule has 0 aromatic carbocycles. The Labute approximate surface area is 428 Å². The molecule has 0 saturated heterocycles. The fourth-order valence-electron chi connectivity index (χ4n) is 6.17. The van der Waals surface area contributed by atoms with Crippen LogP contribution >= 0.6 is 0 Å². The van der Waals surface area contributed by atoms with Crippen LogP contribution in [0.15, 0.2) is 207 Å². The van der Waals surface area contributed by atoms with E-state index in [4.69, 9.17) is 9.47 Å². The van der Waals surface area contributed by atoms with Crippen LogP contribution in [0.1, 0.15) is 168 Å². The van der Waals surface area contributed by atoms with Crippen LogP contribution in [-0.4, -0.2) is 36.4 Å². The molecule has 0 aliphatic carbocycles. The van der Waals surface area contributed by atoms with Crippen molar-refractivity contribution < 1.29 is 24.2 Å². The van der Waals surface area contributed by atoms with Crippen molar-refractivity contribution in [1.82, 2.24) is 0 Å². The molecule has 384 valence electrons. The Balaban J connectivity index is 3.78. The number of carbonyl (C=O) groups is 2. The van der Waals surface area contributed by atoms with Gasteiger partial charge in [0.05, 0.1) is 6.61 Å². The van der Waals surface area contributed by atoms with Crippen LogP contribution in [0.5, 0.6) is 0 Å². The summed E-state index contributed by atoms with van der Waals surface area (Å²) in [5, 5.41) is 9.61. The quantitative estimate of drug-likeness (QED) is 0.0374. The number of carbonyl (C=O) groups excluding carboxylic acids is 2. The van der Waals surface area contributed by atoms with Crippen LogP contribution in [-0.2, 0) is 19.1 Å². The maximum Gasteiger partial charge on any atom is 0.306 e. The van der Waals surface area contributed by atoms with E-state index in [0.717, 1.165) is 135 Å². The molecule has 0 aliphatic heterocycles. The molecule has 1 atom stereocenters. The fourth-order valence-corrected chi connectivity index (χ4v) is 6.17. The summed E-state index contributed by atoms with van der Waals surface area (Å²) in [6.07, 6.45) is 95.0. The van der Waals surface area contributed by atoms with Gasteiger partial charge in [-0.15, -0.1) is 0 Å². The van der Waals surface area contributed by atoms with Gasteiger partial charge < -0.3 is 14.6 Å². The van der Waals surface area contributed by atoms with Gasteiger partial charge in [-0.25, -0.2) is 0 Å². The highest BCUT2D eigenvalue weighted by atomic mass is 16.6. The predicted molar refractivity (Wildman–Crippen MR) is 305 cm³/mol. The van der Waals surface area contributed by atoms with Crippen molar-refractivity contribution >= 4 is 11.9 Å². The van der Waals surface area contributed by atoms with Crippen molar-refractivity contribution in [1.29, 1.82) is 0 Å². The Hall–Kier alpha value is -5.52. The van der Waals surface area contributed by atoms with E-state index in [1.807, 2.05) is 12.2 Å². The molecule has 0 fully saturated rings. The summed E-state index contributed by atoms with van der Waals surface area (Å²) in [6, 6.07) is 0. The zero-order valence-corrected chi connectivity index (χ0v) is 43.7. The minimum atomic E-state index is -0.839. The lowest BCUT2D eigenvalue weighted by Crippen LogP contribution is -2.28. The minimum Gasteiger partial charge on any atom is -0.462 e. The van der Waals surface area contributed by atoms with Crippen molar-refractivity contribution in [2.75, 3.05) is 13.2 Å². The molecule has 0 saturated carbocycles. The van der Waals surface area contributed by atoms with Crippen LogP contribution < -0.4 is 0 Å². The number of esters is 2. The van der Waals surface area contributed by atoms with Crippen molar-refractivity contribution in [3.63, 3.8) is 0 Å². The van der Waals surface area contributed by atoms with E-state index < -0.39 is 6.10 Å². The lowest BCUT2D eigenvalue weighted by molar-refractivity contribution is -0.161. The lowest BCUT2D eigenvalue weighted by atomic mass is 10.1. The summed E-state index contributed by atoms with van der Waals surface area (Å²) in [5.41, 5.74) is 0. The smallest absolute Gasteiger partial charge is 0.306 e. The first-order valence-corrected chi connectivity index (χ1v) is 26.6. The second-order valence-corrected chi connectivity index (χ2v) is 16.5. The normalized spacial score (nSPS) is 13.9. The summed E-state index contributed by atoms with van der Waals surface area (Å²) in [5.74, 6) is -0.749. The van der Waals surface area contributed by atoms with Crippen molar-refractivity contribution in [3.8, 4) is 0 Å². The van der Waals surface area contributed by atoms with Gasteiger partial charge in [0, 0.05) is 12.8 Å². The molecule has 0 aromatic heterocycles. The standard InChI is InChI=1S/C65H94O5/c1-3-5-7-9-11-13-15-17-19-21-23-24-25-26-27-28-29-30-31-32-33-34-35-36-37-38-39-40-42-44-46-48-50-52-54-56-58-60-65(68)70-63(61-66)62-69-64(67)59-57-55-53-51-49-47-45-43-41-22-20-18-16-14-12-10-8-6-4-2/h5-8,11-14,17-20,23-24,26-27,29-30,32-33,35-36,38-39,41-44,47-50,53,55,63,66H,3-4,9-10,15-16,21-22,25,28,31,34,37,40,45-46,51-52,54,56-62H2,1-2H3/b7-5-,8-6-,13-11-,14-12-,19-17-,20-18-,24-23-,27-26-,30-29-,33-32-,36-35-,39-38-,43-41-,44-42-,49-47-,50-48-,55-53-. The van der Waals surface area contributed by atoms with Crippen molar-refractivity contribution in [2.45, 2.75) is 174 Å². The molecular formula is C65H94O5. The second kappa shape index (κ2) is 57.8. The molecule has 0 amide bonds. The van der Waals surface area contributed by atoms with Gasteiger partial charge in [0.1, 0.15) is 6.61 Å². The minimum absolute atomic E-state index is 0.135. The molecule has 0 radical (unpaired) electrons. The third-order valence-corrected chi connectivity index (χ3v) is 10.1. The average molecular weight is 955 g/mol. The number of unbranched alkanes of at least 4 members (excludes halogenated alkanes) is 3. The van der Waals surface area contributed by atoms with Crippen LogP contribution in [0.2, 0.25) is 0 Å². The summed E-state index contributed by atoms with van der Waals surface area (Å²) >= 11 is 0. The van der Waals surface area contributed by atoms with Gasteiger partial charge in [0.2, 0.25) is 0 Å². The molecule has 0 bridgehead atoms. The van der Waals surface area contributed by atoms with Crippen molar-refractivity contribution in [3.05, 3.63) is 207 Å². The van der Waals surface area contributed by atoms with Crippen molar-refractivity contribution in [2.24, 2.45) is 0 Å². The fraction of sp³-hybridized carbons (Fsp3) is 0.446. The summed E-state index contributed by atoms with van der Waals surface area (Å²) in [4.78, 5) is 24.4. The van der Waals surface area contributed by atoms with Crippen LogP contribution in [0, 0.1) is 0 Å². The number of allylic oxidation sites excluding steroid dienone is 34. The SMILES string of the molecule is CC/C=C\C/C=C\C/C=C\C/C=C\C/C=C\C/C=C\C/C=C\C/C=C\C/C=C\C/C=C\C/C=C\CCCCCC(=O)OC(CO)COC(=O)CC/C=C\C/C=C\C/C=C\C/C=C\C/C=C\C/C=C\CC. The van der Waals surface area contributed by atoms with Gasteiger partial charge in [-0.05, 0) is 135 Å². The van der Waals surface area contributed by atoms with Crippen LogP contribution in [0.4, 0.5) is 0 Å². The third kappa shape index (κ3) is 55.1. The molecule has 0 rings (SSSR count). The molecule has 1 unspecified atom stereocenters. The molecule has 0 spiro atoms. The highest BCUT2D eigenvalue weighted by Crippen LogP contribution is 2.08. The van der Waals surface area contributed by atoms with E-state index in [0.29, 0.717) is 6.42 Å². The lowest BCUT2D eigenvalue weighted by Gasteiger charge is -2.15. The molecule has 0 heterocycles. The first-order chi connectivity index (χ1) is 34.6. The van der Waals surface area contributed by atoms with E-state index in [2.05, 4.69) is 208 Å². The Morgan fingerprint density at radius 1 is 0.329 bits per heavy atom. The molecule has 5 nitrogen and oxygen atoms in total. The Bertz CT molecular complexity index is 1740. The second-order valence-electron chi connectivity index (χ2n) is 16.5. The van der Waals surface area contributed by atoms with E-state index in [-0.39, 0.29) is 38.0 Å². The zero-order valence-electron chi connectivity index (χ0n) is 43.7. The highest BCUT2D eigenvalue weighted by Gasteiger charge is 2.15. The van der Waals surface area contributed by atoms with Gasteiger partial charge in [-0.3, -0.25) is 9.59 Å². The van der Waals surface area contributed by atoms with Crippen LogP contribution in [0.25, 0.3) is 0 Å². The van der Waals surface area contributed by atoms with E-state index in [1.54, 1.807) is 0 Å². The average Bonchev–Trinajstić information content (AvgIpc) is 3.36. The van der Waals surface area contributed by atoms with E-state index >= 15 is 0 Å². The Kier molecular flexibility index (Phi) is 53.2. The van der Waals surface area contributed by atoms with E-state index in [9.17, 15) is 14.7 Å². The molecule has 0 aliphatic rings. The number of ether oxygens (including phenoxy) is 2. The van der Waals surface area contributed by atoms with Gasteiger partial charge >= 0.3 is 11.9 Å². The number of aliphatic hydroxyl groups excluding tert-OH is 1. The maximum absolute atomic E-state index is 12.3. The monoisotopic (exact) mass is 955 g/mol. The molecule has 0 aromatic rings. The number of hydrogen-bond acceptors (Lipinski definition) is 5. The molecular weight excluding hydrogens is 861 g/mol. The topological polar surface area (TPSA) is 72.8 Å². The number of hydrogen-bond donors (Lipinski definition) is 1. The first-order valence-electron chi connectivity index (χ1n) is 26.6.